The third kappa shape index (κ3) is 6.82. The highest BCUT2D eigenvalue weighted by atomic mass is 19.2. The van der Waals surface area contributed by atoms with E-state index in [-0.39, 0.29) is 24.0 Å². The molecule has 1 saturated carbocycles. The zero-order valence-electron chi connectivity index (χ0n) is 17.1. The van der Waals surface area contributed by atoms with Gasteiger partial charge in [-0.05, 0) is 50.5 Å². The fourth-order valence-electron chi connectivity index (χ4n) is 3.38. The van der Waals surface area contributed by atoms with Crippen LogP contribution in [0.4, 0.5) is 4.39 Å². The lowest BCUT2D eigenvalue weighted by molar-refractivity contribution is -0.173. The van der Waals surface area contributed by atoms with Gasteiger partial charge in [-0.2, -0.15) is 4.39 Å². The van der Waals surface area contributed by atoms with Crippen LogP contribution in [-0.2, 0) is 4.79 Å². The van der Waals surface area contributed by atoms with Gasteiger partial charge < -0.3 is 25.2 Å². The van der Waals surface area contributed by atoms with Gasteiger partial charge in [-0.3, -0.25) is 0 Å². The summed E-state index contributed by atoms with van der Waals surface area (Å²) in [5, 5.41) is 39.4. The Morgan fingerprint density at radius 3 is 2.50 bits per heavy atom. The van der Waals surface area contributed by atoms with Crippen LogP contribution in [0, 0.1) is 11.8 Å². The molecular formula is C23H29FO6. The summed E-state index contributed by atoms with van der Waals surface area (Å²) in [5.74, 6) is -5.21. The van der Waals surface area contributed by atoms with Gasteiger partial charge in [0.25, 0.3) is 0 Å². The van der Waals surface area contributed by atoms with Gasteiger partial charge in [0.2, 0.25) is 0 Å². The molecule has 1 aromatic carbocycles. The molecule has 164 valence electrons. The maximum Gasteiger partial charge on any atom is 0.382 e. The van der Waals surface area contributed by atoms with Gasteiger partial charge in [0.1, 0.15) is 5.75 Å². The van der Waals surface area contributed by atoms with Crippen molar-refractivity contribution in [3.05, 3.63) is 60.4 Å². The van der Waals surface area contributed by atoms with Crippen LogP contribution in [0.3, 0.4) is 0 Å². The molecule has 2 rings (SSSR count). The van der Waals surface area contributed by atoms with Crippen LogP contribution < -0.4 is 4.74 Å². The largest absolute Gasteiger partial charge is 0.476 e. The average molecular weight is 420 g/mol. The highest BCUT2D eigenvalue weighted by Crippen LogP contribution is 2.36. The van der Waals surface area contributed by atoms with Crippen LogP contribution in [0.2, 0.25) is 0 Å². The lowest BCUT2D eigenvalue weighted by Crippen LogP contribution is -2.39. The third-order valence-corrected chi connectivity index (χ3v) is 4.97. The fourth-order valence-corrected chi connectivity index (χ4v) is 3.38. The first kappa shape index (κ1) is 23.8. The Kier molecular flexibility index (Phi) is 7.98. The first-order valence-corrected chi connectivity index (χ1v) is 9.85. The molecule has 1 aliphatic rings. The van der Waals surface area contributed by atoms with Crippen molar-refractivity contribution >= 4 is 5.97 Å². The number of carbonyl (C=O) groups is 1. The van der Waals surface area contributed by atoms with Crippen LogP contribution >= 0.6 is 0 Å². The first-order chi connectivity index (χ1) is 14.0. The number of hydrogen-bond acceptors (Lipinski definition) is 5. The lowest BCUT2D eigenvalue weighted by atomic mass is 9.89. The van der Waals surface area contributed by atoms with Crippen molar-refractivity contribution in [3.8, 4) is 5.75 Å². The van der Waals surface area contributed by atoms with Crippen molar-refractivity contribution in [1.29, 1.82) is 0 Å². The van der Waals surface area contributed by atoms with Crippen LogP contribution in [0.5, 0.6) is 5.75 Å². The normalized spacial score (nSPS) is 26.1. The highest BCUT2D eigenvalue weighted by molar-refractivity contribution is 5.76. The summed E-state index contributed by atoms with van der Waals surface area (Å²) in [7, 11) is 0. The lowest BCUT2D eigenvalue weighted by Gasteiger charge is -2.21. The summed E-state index contributed by atoms with van der Waals surface area (Å²) in [5.41, 5.74) is 1.70. The number of aliphatic hydroxyl groups is 3. The molecule has 4 N–H and O–H groups in total. The molecule has 0 aliphatic heterocycles. The number of carboxylic acid groups (broad SMARTS) is 1. The Morgan fingerprint density at radius 2 is 1.90 bits per heavy atom. The zero-order valence-corrected chi connectivity index (χ0v) is 17.1. The monoisotopic (exact) mass is 420 g/mol. The van der Waals surface area contributed by atoms with Gasteiger partial charge in [0.15, 0.2) is 0 Å². The molecule has 5 atom stereocenters. The van der Waals surface area contributed by atoms with Gasteiger partial charge in [-0.1, -0.05) is 30.4 Å². The van der Waals surface area contributed by atoms with Gasteiger partial charge >= 0.3 is 11.8 Å². The average Bonchev–Trinajstić information content (AvgIpc) is 2.92. The smallest absolute Gasteiger partial charge is 0.382 e. The fraction of sp³-hybridized carbons (Fsp3) is 0.478. The van der Waals surface area contributed by atoms with E-state index in [1.54, 1.807) is 50.3 Å². The maximum atomic E-state index is 14.7. The molecule has 1 unspecified atom stereocenters. The number of benzene rings is 1. The second-order valence-electron chi connectivity index (χ2n) is 8.09. The highest BCUT2D eigenvalue weighted by Gasteiger charge is 2.41. The number of aliphatic hydroxyl groups excluding tert-OH is 2. The number of rotatable bonds is 9. The van der Waals surface area contributed by atoms with Crippen LogP contribution in [-0.4, -0.2) is 50.1 Å². The van der Waals surface area contributed by atoms with E-state index in [9.17, 15) is 29.6 Å². The number of ether oxygens (including phenoxy) is 1. The zero-order chi connectivity index (χ0) is 22.4. The van der Waals surface area contributed by atoms with Gasteiger partial charge in [-0.25, -0.2) is 4.79 Å². The van der Waals surface area contributed by atoms with E-state index in [0.717, 1.165) is 0 Å². The Morgan fingerprint density at radius 1 is 1.23 bits per heavy atom. The van der Waals surface area contributed by atoms with E-state index in [4.69, 9.17) is 4.74 Å². The Balaban J connectivity index is 2.03. The van der Waals surface area contributed by atoms with Crippen molar-refractivity contribution in [2.75, 3.05) is 0 Å². The summed E-state index contributed by atoms with van der Waals surface area (Å²) in [6.45, 7) is 3.23. The third-order valence-electron chi connectivity index (χ3n) is 4.97. The van der Waals surface area contributed by atoms with E-state index in [2.05, 4.69) is 5.73 Å². The summed E-state index contributed by atoms with van der Waals surface area (Å²) >= 11 is 0. The molecule has 1 aliphatic carbocycles. The van der Waals surface area contributed by atoms with Crippen LogP contribution in [0.15, 0.2) is 60.4 Å². The van der Waals surface area contributed by atoms with Gasteiger partial charge in [0, 0.05) is 12.3 Å². The quantitative estimate of drug-likeness (QED) is 0.361. The van der Waals surface area contributed by atoms with Crippen molar-refractivity contribution in [2.45, 2.75) is 56.8 Å². The summed E-state index contributed by atoms with van der Waals surface area (Å²) < 4.78 is 19.7. The number of hydrogen-bond donors (Lipinski definition) is 4. The first-order valence-electron chi connectivity index (χ1n) is 9.85. The Hall–Kier alpha value is -2.44. The van der Waals surface area contributed by atoms with Crippen molar-refractivity contribution in [3.63, 3.8) is 0 Å². The second kappa shape index (κ2) is 10.0. The SMILES string of the molecule is CC(C)([16OH])C=C[C@@H]1[C@@H](CC=C=CCC(F)(Oc2ccccc2)C(=O)O)[C@@H]([16OH])C[C@H]1[16OH]. The molecule has 1 aromatic rings. The molecule has 0 radical (unpaired) electrons. The molecular weight excluding hydrogens is 391 g/mol. The molecule has 6 nitrogen and oxygen atoms in total. The topological polar surface area (TPSA) is 107 Å². The molecule has 7 heteroatoms. The maximum absolute atomic E-state index is 14.7. The summed E-state index contributed by atoms with van der Waals surface area (Å²) in [6, 6.07) is 7.85. The molecule has 30 heavy (non-hydrogen) atoms. The number of carboxylic acids is 1. The second-order valence-corrected chi connectivity index (χ2v) is 8.09. The standard InChI is InChI=1S/C23H29FO6/c1-22(2,29)14-12-18-17(19(25)15-20(18)26)11-7-4-8-13-23(24,21(27)28)30-16-9-5-3-6-10-16/h3,5-10,12,14,17-20,25-26,29H,11,13,15H2,1-2H3,(H,27,28)/t4?,17-,18-,19+,20-,23?/m1/s1/i25+0,26+0,29+0. The number of para-hydroxylation sites is 1. The van der Waals surface area contributed by atoms with Gasteiger partial charge in [0.05, 0.1) is 24.2 Å². The molecule has 0 aromatic heterocycles. The Bertz CT molecular complexity index is 794. The minimum Gasteiger partial charge on any atom is -0.476 e. The van der Waals surface area contributed by atoms with E-state index in [0.29, 0.717) is 6.42 Å². The van der Waals surface area contributed by atoms with Crippen molar-refractivity contribution in [1.82, 2.24) is 0 Å². The predicted molar refractivity (Wildman–Crippen MR) is 109 cm³/mol. The molecule has 0 heterocycles. The Labute approximate surface area is 175 Å². The minimum atomic E-state index is -2.93. The van der Waals surface area contributed by atoms with Gasteiger partial charge in [-0.15, -0.1) is 5.73 Å². The van der Waals surface area contributed by atoms with E-state index < -0.39 is 36.1 Å². The summed E-state index contributed by atoms with van der Waals surface area (Å²) in [6.07, 6.45) is 4.65. The molecule has 0 amide bonds. The number of alkyl halides is 1. The molecule has 0 saturated heterocycles. The molecule has 0 spiro atoms. The number of halogens is 1. The summed E-state index contributed by atoms with van der Waals surface area (Å²) in [4.78, 5) is 11.3. The van der Waals surface area contributed by atoms with Crippen LogP contribution in [0.1, 0.15) is 33.1 Å². The minimum absolute atomic E-state index is 0.101. The van der Waals surface area contributed by atoms with E-state index in [1.165, 1.54) is 18.2 Å². The number of aliphatic carboxylic acids is 1. The van der Waals surface area contributed by atoms with Crippen LogP contribution in [0.25, 0.3) is 0 Å². The molecule has 1 fully saturated rings. The van der Waals surface area contributed by atoms with Crippen molar-refractivity contribution < 1.29 is 34.3 Å². The van der Waals surface area contributed by atoms with E-state index >= 15 is 0 Å². The van der Waals surface area contributed by atoms with E-state index in [1.807, 2.05) is 0 Å². The van der Waals surface area contributed by atoms with Crippen molar-refractivity contribution in [2.24, 2.45) is 11.8 Å². The molecule has 0 bridgehead atoms. The predicted octanol–water partition coefficient (Wildman–Crippen LogP) is 2.99.